The maximum absolute atomic E-state index is 11.5. The molecule has 1 amide bonds. The van der Waals surface area contributed by atoms with Crippen LogP contribution in [-0.2, 0) is 29.1 Å². The zero-order valence-corrected chi connectivity index (χ0v) is 23.6. The fourth-order valence-electron chi connectivity index (χ4n) is 4.56. The average molecular weight is 549 g/mol. The van der Waals surface area contributed by atoms with E-state index in [1.165, 1.54) is 17.2 Å². The van der Waals surface area contributed by atoms with Gasteiger partial charge < -0.3 is 25.4 Å². The molecule has 0 aliphatic rings. The van der Waals surface area contributed by atoms with Crippen molar-refractivity contribution in [2.24, 2.45) is 0 Å². The van der Waals surface area contributed by atoms with Crippen molar-refractivity contribution in [3.8, 4) is 5.75 Å². The number of rotatable bonds is 18. The molecule has 0 saturated heterocycles. The smallest absolute Gasteiger partial charge is 0.224 e. The number of aromatic hydroxyl groups is 1. The molecule has 3 aromatic rings. The SMILES string of the molecule is CCC(=O)Nc1ccc(CCOCCCCCCN(Cc2ccccc2)CC(O)c2ccc(O)c(CO)c2)cc1. The summed E-state index contributed by atoms with van der Waals surface area (Å²) >= 11 is 0. The maximum atomic E-state index is 11.5. The van der Waals surface area contributed by atoms with Crippen LogP contribution < -0.4 is 5.32 Å². The number of carbonyl (C=O) groups is 1. The topological polar surface area (TPSA) is 102 Å². The number of ether oxygens (including phenoxy) is 1. The van der Waals surface area contributed by atoms with E-state index in [1.54, 1.807) is 12.1 Å². The summed E-state index contributed by atoms with van der Waals surface area (Å²) in [6.07, 6.45) is 4.82. The van der Waals surface area contributed by atoms with Gasteiger partial charge in [0.2, 0.25) is 5.91 Å². The minimum absolute atomic E-state index is 0.0176. The molecule has 0 radical (unpaired) electrons. The van der Waals surface area contributed by atoms with Crippen LogP contribution in [0.3, 0.4) is 0 Å². The average Bonchev–Trinajstić information content (AvgIpc) is 2.97. The number of hydrogen-bond donors (Lipinski definition) is 4. The highest BCUT2D eigenvalue weighted by atomic mass is 16.5. The fraction of sp³-hybridized carbons (Fsp3) is 0.424. The number of carbonyl (C=O) groups excluding carboxylic acids is 1. The molecule has 0 fully saturated rings. The second-order valence-corrected chi connectivity index (χ2v) is 10.2. The normalized spacial score (nSPS) is 12.0. The van der Waals surface area contributed by atoms with Gasteiger partial charge in [0.1, 0.15) is 5.75 Å². The van der Waals surface area contributed by atoms with Crippen molar-refractivity contribution in [1.82, 2.24) is 4.90 Å². The zero-order chi connectivity index (χ0) is 28.6. The van der Waals surface area contributed by atoms with Crippen molar-refractivity contribution in [2.75, 3.05) is 31.6 Å². The fourth-order valence-corrected chi connectivity index (χ4v) is 4.56. The molecule has 216 valence electrons. The van der Waals surface area contributed by atoms with E-state index in [-0.39, 0.29) is 18.3 Å². The van der Waals surface area contributed by atoms with Gasteiger partial charge in [-0.2, -0.15) is 0 Å². The molecule has 3 rings (SSSR count). The van der Waals surface area contributed by atoms with Crippen LogP contribution in [0.25, 0.3) is 0 Å². The maximum Gasteiger partial charge on any atom is 0.224 e. The van der Waals surface area contributed by atoms with E-state index in [9.17, 15) is 20.1 Å². The van der Waals surface area contributed by atoms with Crippen LogP contribution in [0.2, 0.25) is 0 Å². The summed E-state index contributed by atoms with van der Waals surface area (Å²) < 4.78 is 5.84. The van der Waals surface area contributed by atoms with Crippen LogP contribution in [0.1, 0.15) is 67.4 Å². The quantitative estimate of drug-likeness (QED) is 0.155. The number of unbranched alkanes of at least 4 members (excludes halogenated alkanes) is 3. The summed E-state index contributed by atoms with van der Waals surface area (Å²) in [5.74, 6) is 0.0559. The molecule has 0 aromatic heterocycles. The van der Waals surface area contributed by atoms with Crippen molar-refractivity contribution >= 4 is 11.6 Å². The first-order chi connectivity index (χ1) is 19.5. The number of benzene rings is 3. The Kier molecular flexibility index (Phi) is 13.7. The summed E-state index contributed by atoms with van der Waals surface area (Å²) in [7, 11) is 0. The number of phenols is 1. The lowest BCUT2D eigenvalue weighted by Crippen LogP contribution is -2.29. The number of nitrogens with one attached hydrogen (secondary N) is 1. The van der Waals surface area contributed by atoms with E-state index in [2.05, 4.69) is 22.3 Å². The van der Waals surface area contributed by atoms with Gasteiger partial charge in [-0.1, -0.05) is 68.3 Å². The molecule has 0 aliphatic carbocycles. The summed E-state index contributed by atoms with van der Waals surface area (Å²) in [6.45, 7) is 5.08. The molecule has 1 atom stereocenters. The lowest BCUT2D eigenvalue weighted by atomic mass is 10.0. The number of aliphatic hydroxyl groups excluding tert-OH is 2. The highest BCUT2D eigenvalue weighted by Crippen LogP contribution is 2.24. The number of amides is 1. The van der Waals surface area contributed by atoms with E-state index >= 15 is 0 Å². The number of anilines is 1. The third-order valence-electron chi connectivity index (χ3n) is 6.95. The van der Waals surface area contributed by atoms with Gasteiger partial charge in [0.05, 0.1) is 19.3 Å². The van der Waals surface area contributed by atoms with Crippen molar-refractivity contribution in [3.63, 3.8) is 0 Å². The van der Waals surface area contributed by atoms with E-state index < -0.39 is 6.10 Å². The Hall–Kier alpha value is -3.23. The first-order valence-electron chi connectivity index (χ1n) is 14.3. The minimum atomic E-state index is -0.714. The molecule has 3 aromatic carbocycles. The second kappa shape index (κ2) is 17.5. The molecule has 0 aliphatic heterocycles. The van der Waals surface area contributed by atoms with Crippen molar-refractivity contribution in [1.29, 1.82) is 0 Å². The van der Waals surface area contributed by atoms with Gasteiger partial charge >= 0.3 is 0 Å². The Bertz CT molecular complexity index is 1140. The molecule has 7 nitrogen and oxygen atoms in total. The Morgan fingerprint density at radius 1 is 0.925 bits per heavy atom. The zero-order valence-electron chi connectivity index (χ0n) is 23.6. The van der Waals surface area contributed by atoms with E-state index in [0.717, 1.165) is 57.5 Å². The predicted molar refractivity (Wildman–Crippen MR) is 159 cm³/mol. The lowest BCUT2D eigenvalue weighted by Gasteiger charge is -2.26. The summed E-state index contributed by atoms with van der Waals surface area (Å²) in [4.78, 5) is 13.7. The van der Waals surface area contributed by atoms with Crippen LogP contribution >= 0.6 is 0 Å². The van der Waals surface area contributed by atoms with Gasteiger partial charge in [0, 0.05) is 37.4 Å². The molecule has 7 heteroatoms. The van der Waals surface area contributed by atoms with Gasteiger partial charge in [-0.25, -0.2) is 0 Å². The molecule has 0 heterocycles. The summed E-state index contributed by atoms with van der Waals surface area (Å²) in [5, 5.41) is 33.1. The van der Waals surface area contributed by atoms with Crippen molar-refractivity contribution < 1.29 is 24.9 Å². The highest BCUT2D eigenvalue weighted by molar-refractivity contribution is 5.90. The standard InChI is InChI=1S/C33H44N2O5/c1-2-33(39)34-30-15-12-26(13-16-30)18-21-40-20-9-4-3-8-19-35(23-27-10-6-5-7-11-27)24-32(38)28-14-17-31(37)29(22-28)25-36/h5-7,10-17,22,32,36-38H,2-4,8-9,18-21,23-25H2,1H3,(H,34,39). The highest BCUT2D eigenvalue weighted by Gasteiger charge is 2.15. The monoisotopic (exact) mass is 548 g/mol. The van der Waals surface area contributed by atoms with E-state index in [1.807, 2.05) is 49.4 Å². The lowest BCUT2D eigenvalue weighted by molar-refractivity contribution is -0.115. The number of nitrogens with zero attached hydrogens (tertiary/aromatic N) is 1. The molecule has 1 unspecified atom stereocenters. The molecule has 40 heavy (non-hydrogen) atoms. The van der Waals surface area contributed by atoms with Crippen molar-refractivity contribution in [3.05, 3.63) is 95.1 Å². The van der Waals surface area contributed by atoms with Gasteiger partial charge in [-0.05, 0) is 66.8 Å². The summed E-state index contributed by atoms with van der Waals surface area (Å²) in [6, 6.07) is 23.1. The Labute approximate surface area is 238 Å². The number of hydrogen-bond acceptors (Lipinski definition) is 6. The van der Waals surface area contributed by atoms with Crippen LogP contribution in [0.15, 0.2) is 72.8 Å². The van der Waals surface area contributed by atoms with E-state index in [0.29, 0.717) is 30.7 Å². The van der Waals surface area contributed by atoms with Gasteiger partial charge in [0.15, 0.2) is 0 Å². The molecule has 4 N–H and O–H groups in total. The molecular formula is C33H44N2O5. The van der Waals surface area contributed by atoms with Crippen LogP contribution in [-0.4, -0.2) is 52.4 Å². The Morgan fingerprint density at radius 3 is 2.40 bits per heavy atom. The third kappa shape index (κ3) is 11.1. The third-order valence-corrected chi connectivity index (χ3v) is 6.95. The first kappa shape index (κ1) is 31.3. The largest absolute Gasteiger partial charge is 0.508 e. The predicted octanol–water partition coefficient (Wildman–Crippen LogP) is 5.59. The van der Waals surface area contributed by atoms with Gasteiger partial charge in [0.25, 0.3) is 0 Å². The first-order valence-corrected chi connectivity index (χ1v) is 14.3. The van der Waals surface area contributed by atoms with Crippen LogP contribution in [0, 0.1) is 0 Å². The van der Waals surface area contributed by atoms with Crippen LogP contribution in [0.5, 0.6) is 5.75 Å². The molecular weight excluding hydrogens is 504 g/mol. The molecule has 0 saturated carbocycles. The van der Waals surface area contributed by atoms with Gasteiger partial charge in [-0.15, -0.1) is 0 Å². The second-order valence-electron chi connectivity index (χ2n) is 10.2. The Balaban J connectivity index is 1.35. The Morgan fingerprint density at radius 2 is 1.68 bits per heavy atom. The van der Waals surface area contributed by atoms with Crippen LogP contribution in [0.4, 0.5) is 5.69 Å². The van der Waals surface area contributed by atoms with Gasteiger partial charge in [-0.3, -0.25) is 9.69 Å². The molecule has 0 spiro atoms. The summed E-state index contributed by atoms with van der Waals surface area (Å²) in [5.41, 5.74) is 4.32. The van der Waals surface area contributed by atoms with E-state index in [4.69, 9.17) is 4.74 Å². The van der Waals surface area contributed by atoms with Crippen molar-refractivity contribution in [2.45, 2.75) is 64.7 Å². The molecule has 0 bridgehead atoms. The number of aliphatic hydroxyl groups is 2. The minimum Gasteiger partial charge on any atom is -0.508 e.